The van der Waals surface area contributed by atoms with E-state index in [0.29, 0.717) is 28.6 Å². The Kier molecular flexibility index (Phi) is 9.31. The third-order valence-corrected chi connectivity index (χ3v) is 10.1. The monoisotopic (exact) mass is 611 g/mol. The molecule has 0 aromatic heterocycles. The normalized spacial score (nSPS) is 21.0. The summed E-state index contributed by atoms with van der Waals surface area (Å²) in [6.07, 6.45) is 6.20. The van der Waals surface area contributed by atoms with Gasteiger partial charge in [0.15, 0.2) is 5.84 Å². The number of sulfonamides is 1. The maximum Gasteiger partial charge on any atom is 0.268 e. The molecule has 11 heteroatoms. The van der Waals surface area contributed by atoms with Crippen LogP contribution in [0, 0.1) is 11.6 Å². The Balaban J connectivity index is 1.43. The molecule has 0 saturated carbocycles. The molecule has 230 valence electrons. The predicted octanol–water partition coefficient (Wildman–Crippen LogP) is 5.01. The average molecular weight is 612 g/mol. The van der Waals surface area contributed by atoms with Crippen molar-refractivity contribution in [2.45, 2.75) is 57.4 Å². The second-order valence-corrected chi connectivity index (χ2v) is 13.3. The van der Waals surface area contributed by atoms with E-state index in [-0.39, 0.29) is 30.9 Å². The zero-order chi connectivity index (χ0) is 30.7. The van der Waals surface area contributed by atoms with Crippen LogP contribution in [-0.2, 0) is 10.0 Å². The number of rotatable bonds is 7. The molecule has 1 atom stereocenters. The van der Waals surface area contributed by atoms with E-state index in [4.69, 9.17) is 4.99 Å². The molecule has 1 N–H and O–H groups in total. The summed E-state index contributed by atoms with van der Waals surface area (Å²) in [7, 11) is -4.48. The van der Waals surface area contributed by atoms with Gasteiger partial charge in [-0.3, -0.25) is 4.79 Å². The Morgan fingerprint density at radius 3 is 2.37 bits per heavy atom. The van der Waals surface area contributed by atoms with Crippen LogP contribution in [0.2, 0.25) is 0 Å². The minimum atomic E-state index is -4.48. The zero-order valence-corrected chi connectivity index (χ0v) is 25.8. The molecule has 2 aromatic carbocycles. The van der Waals surface area contributed by atoms with Gasteiger partial charge in [-0.2, -0.15) is 0 Å². The molecule has 3 aliphatic rings. The molecular formula is C32H39F2N5O3S. The Morgan fingerprint density at radius 2 is 1.70 bits per heavy atom. The average Bonchev–Trinajstić information content (AvgIpc) is 3.69. The summed E-state index contributed by atoms with van der Waals surface area (Å²) in [5.41, 5.74) is 3.04. The number of carbonyl (C=O) groups excluding carboxylic acids is 1. The highest BCUT2D eigenvalue weighted by Crippen LogP contribution is 2.28. The molecular weight excluding hydrogens is 572 g/mol. The number of amides is 1. The van der Waals surface area contributed by atoms with E-state index < -0.39 is 26.6 Å². The van der Waals surface area contributed by atoms with Gasteiger partial charge in [0.25, 0.3) is 15.9 Å². The van der Waals surface area contributed by atoms with E-state index in [1.165, 1.54) is 12.8 Å². The third kappa shape index (κ3) is 6.52. The number of nitrogens with zero attached hydrogens (tertiary/aromatic N) is 4. The number of benzene rings is 2. The molecule has 3 fully saturated rings. The number of nitrogens with one attached hydrogen (secondary N) is 1. The van der Waals surface area contributed by atoms with E-state index in [1.54, 1.807) is 25.1 Å². The highest BCUT2D eigenvalue weighted by Gasteiger charge is 2.35. The lowest BCUT2D eigenvalue weighted by Crippen LogP contribution is -2.49. The molecule has 3 heterocycles. The van der Waals surface area contributed by atoms with Gasteiger partial charge in [-0.1, -0.05) is 18.2 Å². The van der Waals surface area contributed by atoms with Crippen molar-refractivity contribution in [1.82, 2.24) is 19.4 Å². The summed E-state index contributed by atoms with van der Waals surface area (Å²) < 4.78 is 57.0. The SMILES string of the molecule is C/C=C(\N=C1C(=C(C)C)NCCN1S(=O)(=O)c1cc(F)ccc1F)c1ccc(C(=O)N2CCCC2CN2CCCC2)cc1. The number of carbonyl (C=O) groups is 1. The Morgan fingerprint density at radius 1 is 1.00 bits per heavy atom. The molecule has 43 heavy (non-hydrogen) atoms. The van der Waals surface area contributed by atoms with Crippen LogP contribution in [-0.4, -0.2) is 79.6 Å². The van der Waals surface area contributed by atoms with Crippen molar-refractivity contribution in [3.63, 3.8) is 0 Å². The van der Waals surface area contributed by atoms with Gasteiger partial charge in [-0.15, -0.1) is 0 Å². The van der Waals surface area contributed by atoms with Crippen molar-refractivity contribution >= 4 is 27.5 Å². The Bertz CT molecular complexity index is 1560. The molecule has 0 aliphatic carbocycles. The molecule has 0 bridgehead atoms. The lowest BCUT2D eigenvalue weighted by Gasteiger charge is -2.33. The molecule has 5 rings (SSSR count). The minimum Gasteiger partial charge on any atom is -0.380 e. The first-order valence-corrected chi connectivity index (χ1v) is 16.3. The van der Waals surface area contributed by atoms with E-state index in [2.05, 4.69) is 10.2 Å². The number of allylic oxidation sites excluding steroid dienone is 2. The number of halogens is 2. The van der Waals surface area contributed by atoms with Crippen LogP contribution in [0.5, 0.6) is 0 Å². The first-order valence-electron chi connectivity index (χ1n) is 14.9. The fourth-order valence-electron chi connectivity index (χ4n) is 6.05. The quantitative estimate of drug-likeness (QED) is 0.476. The predicted molar refractivity (Wildman–Crippen MR) is 164 cm³/mol. The van der Waals surface area contributed by atoms with Crippen LogP contribution in [0.4, 0.5) is 8.78 Å². The molecule has 3 saturated heterocycles. The number of likely N-dealkylation sites (tertiary alicyclic amines) is 2. The lowest BCUT2D eigenvalue weighted by molar-refractivity contribution is 0.0708. The van der Waals surface area contributed by atoms with E-state index in [0.717, 1.165) is 61.0 Å². The largest absolute Gasteiger partial charge is 0.380 e. The topological polar surface area (TPSA) is 85.3 Å². The molecule has 3 aliphatic heterocycles. The molecule has 0 spiro atoms. The lowest BCUT2D eigenvalue weighted by atomic mass is 10.1. The van der Waals surface area contributed by atoms with Gasteiger partial charge in [0.05, 0.1) is 17.9 Å². The fraction of sp³-hybridized carbons (Fsp3) is 0.438. The number of piperazine rings is 1. The van der Waals surface area contributed by atoms with Gasteiger partial charge in [0.1, 0.15) is 16.5 Å². The highest BCUT2D eigenvalue weighted by molar-refractivity contribution is 7.89. The van der Waals surface area contributed by atoms with Crippen molar-refractivity contribution in [2.75, 3.05) is 39.3 Å². The molecule has 1 amide bonds. The molecule has 0 radical (unpaired) electrons. The Hall–Kier alpha value is -3.57. The molecule has 1 unspecified atom stereocenters. The van der Waals surface area contributed by atoms with Gasteiger partial charge >= 0.3 is 0 Å². The van der Waals surface area contributed by atoms with Gasteiger partial charge in [-0.05, 0) is 101 Å². The standard InChI is InChI=1S/C32H39F2N5O3S/c1-4-28(23-9-11-24(12-10-23)32(40)38-18-7-8-26(38)21-37-16-5-6-17-37)36-31-30(22(2)3)35-15-19-39(31)43(41,42)29-20-25(33)13-14-27(29)34/h4,9-14,20,26,35H,5-8,15-19,21H2,1-3H3/b28-4-,36-31?. The zero-order valence-electron chi connectivity index (χ0n) is 24.9. The van der Waals surface area contributed by atoms with Crippen LogP contribution in [0.3, 0.4) is 0 Å². The number of hydrogen-bond donors (Lipinski definition) is 1. The van der Waals surface area contributed by atoms with Gasteiger partial charge < -0.3 is 15.1 Å². The number of amidine groups is 1. The van der Waals surface area contributed by atoms with Gasteiger partial charge in [0.2, 0.25) is 0 Å². The summed E-state index contributed by atoms with van der Waals surface area (Å²) in [5, 5.41) is 3.21. The summed E-state index contributed by atoms with van der Waals surface area (Å²) in [6, 6.07) is 9.78. The summed E-state index contributed by atoms with van der Waals surface area (Å²) in [4.78, 5) is 21.9. The van der Waals surface area contributed by atoms with Crippen LogP contribution in [0.1, 0.15) is 62.4 Å². The van der Waals surface area contributed by atoms with Gasteiger partial charge in [-0.25, -0.2) is 26.5 Å². The van der Waals surface area contributed by atoms with Crippen molar-refractivity contribution < 1.29 is 22.0 Å². The van der Waals surface area contributed by atoms with E-state index in [9.17, 15) is 22.0 Å². The smallest absolute Gasteiger partial charge is 0.268 e. The fourth-order valence-corrected chi connectivity index (χ4v) is 7.55. The van der Waals surface area contributed by atoms with Crippen molar-refractivity contribution in [1.29, 1.82) is 0 Å². The summed E-state index contributed by atoms with van der Waals surface area (Å²) in [6.45, 7) is 9.55. The van der Waals surface area contributed by atoms with Crippen LogP contribution >= 0.6 is 0 Å². The third-order valence-electron chi connectivity index (χ3n) is 8.27. The maximum absolute atomic E-state index is 14.7. The van der Waals surface area contributed by atoms with Crippen molar-refractivity contribution in [2.24, 2.45) is 4.99 Å². The van der Waals surface area contributed by atoms with Crippen molar-refractivity contribution in [3.8, 4) is 0 Å². The second-order valence-electron chi connectivity index (χ2n) is 11.4. The van der Waals surface area contributed by atoms with E-state index >= 15 is 0 Å². The first-order chi connectivity index (χ1) is 20.6. The highest BCUT2D eigenvalue weighted by atomic mass is 32.2. The molecule has 2 aromatic rings. The van der Waals surface area contributed by atoms with Crippen LogP contribution in [0.25, 0.3) is 5.70 Å². The Labute approximate surface area is 252 Å². The summed E-state index contributed by atoms with van der Waals surface area (Å²) in [5.74, 6) is -1.79. The molecule has 8 nitrogen and oxygen atoms in total. The van der Waals surface area contributed by atoms with Gasteiger partial charge in [0, 0.05) is 31.2 Å². The number of hydrogen-bond acceptors (Lipinski definition) is 6. The van der Waals surface area contributed by atoms with Crippen LogP contribution < -0.4 is 5.32 Å². The minimum absolute atomic E-state index is 0.0132. The first kappa shape index (κ1) is 30.9. The van der Waals surface area contributed by atoms with Crippen LogP contribution in [0.15, 0.2) is 69.7 Å². The number of aliphatic imine (C=N–C) groups is 1. The van der Waals surface area contributed by atoms with Crippen molar-refractivity contribution in [3.05, 3.63) is 82.6 Å². The maximum atomic E-state index is 14.7. The van der Waals surface area contributed by atoms with E-state index in [1.807, 2.05) is 30.9 Å². The second kappa shape index (κ2) is 13.0. The summed E-state index contributed by atoms with van der Waals surface area (Å²) >= 11 is 0.